The highest BCUT2D eigenvalue weighted by molar-refractivity contribution is 6.11. The number of nitrogens with zero attached hydrogens (tertiary/aromatic N) is 4. The van der Waals surface area contributed by atoms with E-state index in [1.54, 1.807) is 24.7 Å². The molecule has 0 spiro atoms. The van der Waals surface area contributed by atoms with Crippen molar-refractivity contribution in [1.29, 1.82) is 0 Å². The summed E-state index contributed by atoms with van der Waals surface area (Å²) >= 11 is 0. The van der Waals surface area contributed by atoms with Crippen LogP contribution in [0.15, 0.2) is 85.3 Å². The van der Waals surface area contributed by atoms with Gasteiger partial charge < -0.3 is 15.0 Å². The van der Waals surface area contributed by atoms with E-state index in [4.69, 9.17) is 4.74 Å². The van der Waals surface area contributed by atoms with Crippen LogP contribution in [0.25, 0.3) is 22.0 Å². The van der Waals surface area contributed by atoms with Gasteiger partial charge in [-0.2, -0.15) is 5.10 Å². The quantitative estimate of drug-likeness (QED) is 0.328. The van der Waals surface area contributed by atoms with E-state index in [0.717, 1.165) is 59.5 Å². The van der Waals surface area contributed by atoms with Crippen molar-refractivity contribution in [3.63, 3.8) is 0 Å². The average Bonchev–Trinajstić information content (AvgIpc) is 3.60. The molecule has 8 nitrogen and oxygen atoms in total. The molecule has 0 aliphatic carbocycles. The molecule has 6 rings (SSSR count). The Kier molecular flexibility index (Phi) is 5.75. The Labute approximate surface area is 208 Å². The Balaban J connectivity index is 1.26. The fourth-order valence-electron chi connectivity index (χ4n) is 4.43. The molecule has 178 valence electrons. The van der Waals surface area contributed by atoms with Gasteiger partial charge in [0, 0.05) is 48.2 Å². The molecule has 36 heavy (non-hydrogen) atoms. The summed E-state index contributed by atoms with van der Waals surface area (Å²) in [5.41, 5.74) is 3.59. The second kappa shape index (κ2) is 9.50. The Morgan fingerprint density at radius 1 is 0.917 bits per heavy atom. The first-order chi connectivity index (χ1) is 17.7. The normalized spacial score (nSPS) is 13.2. The van der Waals surface area contributed by atoms with E-state index in [1.807, 2.05) is 60.7 Å². The molecule has 0 bridgehead atoms. The van der Waals surface area contributed by atoms with Crippen LogP contribution in [0.5, 0.6) is 11.5 Å². The number of hydrogen-bond acceptors (Lipinski definition) is 6. The van der Waals surface area contributed by atoms with Crippen molar-refractivity contribution >= 4 is 28.3 Å². The van der Waals surface area contributed by atoms with Crippen LogP contribution < -0.4 is 15.0 Å². The summed E-state index contributed by atoms with van der Waals surface area (Å²) in [6, 6.07) is 21.0. The van der Waals surface area contributed by atoms with Crippen molar-refractivity contribution in [3.05, 3.63) is 91.0 Å². The van der Waals surface area contributed by atoms with Gasteiger partial charge in [0.25, 0.3) is 5.91 Å². The number of H-pyrrole nitrogens is 1. The molecule has 2 N–H and O–H groups in total. The number of benzene rings is 2. The Bertz CT molecular complexity index is 1530. The molecule has 0 atom stereocenters. The number of anilines is 2. The monoisotopic (exact) mass is 476 g/mol. The number of hydrogen-bond donors (Lipinski definition) is 2. The maximum absolute atomic E-state index is 13.2. The van der Waals surface area contributed by atoms with Crippen molar-refractivity contribution in [3.8, 4) is 22.6 Å². The molecule has 1 saturated heterocycles. The van der Waals surface area contributed by atoms with E-state index in [-0.39, 0.29) is 5.91 Å². The van der Waals surface area contributed by atoms with Gasteiger partial charge >= 0.3 is 0 Å². The molecular formula is C28H24N6O2. The van der Waals surface area contributed by atoms with Crippen LogP contribution >= 0.6 is 0 Å². The summed E-state index contributed by atoms with van der Waals surface area (Å²) in [5, 5.41) is 11.0. The lowest BCUT2D eigenvalue weighted by atomic mass is 10.0. The summed E-state index contributed by atoms with van der Waals surface area (Å²) in [4.78, 5) is 24.2. The van der Waals surface area contributed by atoms with Gasteiger partial charge in [0.15, 0.2) is 5.69 Å². The van der Waals surface area contributed by atoms with Gasteiger partial charge in [-0.15, -0.1) is 0 Å². The standard InChI is InChI=1S/C28H24N6O2/c35-28(31-21-10-11-30-26(16-21)34-12-4-5-13-34)27-24-15-19(8-9-25(24)32-33-27)20-14-23(18-29-17-20)36-22-6-2-1-3-7-22/h1-3,6-11,14-18H,4-5,12-13H2,(H,32,33)(H,30,31,35). The zero-order valence-electron chi connectivity index (χ0n) is 19.5. The molecule has 1 aliphatic rings. The summed E-state index contributed by atoms with van der Waals surface area (Å²) in [6.07, 6.45) is 7.50. The summed E-state index contributed by atoms with van der Waals surface area (Å²) in [6.45, 7) is 1.98. The number of carbonyl (C=O) groups excluding carboxylic acids is 1. The second-order valence-corrected chi connectivity index (χ2v) is 8.71. The predicted molar refractivity (Wildman–Crippen MR) is 139 cm³/mol. The fourth-order valence-corrected chi connectivity index (χ4v) is 4.43. The minimum absolute atomic E-state index is 0.281. The zero-order chi connectivity index (χ0) is 24.3. The van der Waals surface area contributed by atoms with E-state index < -0.39 is 0 Å². The van der Waals surface area contributed by atoms with Crippen LogP contribution in [-0.2, 0) is 0 Å². The van der Waals surface area contributed by atoms with E-state index in [0.29, 0.717) is 17.1 Å². The molecular weight excluding hydrogens is 452 g/mol. The zero-order valence-corrected chi connectivity index (χ0v) is 19.5. The van der Waals surface area contributed by atoms with Crippen molar-refractivity contribution in [1.82, 2.24) is 20.2 Å². The van der Waals surface area contributed by atoms with Crippen molar-refractivity contribution < 1.29 is 9.53 Å². The van der Waals surface area contributed by atoms with Gasteiger partial charge in [-0.25, -0.2) is 4.98 Å². The van der Waals surface area contributed by atoms with Crippen LogP contribution in [-0.4, -0.2) is 39.2 Å². The Morgan fingerprint density at radius 2 is 1.78 bits per heavy atom. The summed E-state index contributed by atoms with van der Waals surface area (Å²) in [5.74, 6) is 1.97. The molecule has 4 heterocycles. The molecule has 2 aromatic carbocycles. The number of amides is 1. The first-order valence-electron chi connectivity index (χ1n) is 11.9. The number of fused-ring (bicyclic) bond motifs is 1. The first kappa shape index (κ1) is 21.8. The molecule has 0 unspecified atom stereocenters. The number of pyridine rings is 2. The molecule has 0 saturated carbocycles. The van der Waals surface area contributed by atoms with Crippen molar-refractivity contribution in [2.24, 2.45) is 0 Å². The van der Waals surface area contributed by atoms with Crippen molar-refractivity contribution in [2.75, 3.05) is 23.3 Å². The number of aromatic nitrogens is 4. The van der Waals surface area contributed by atoms with Crippen LogP contribution in [0.2, 0.25) is 0 Å². The topological polar surface area (TPSA) is 96.0 Å². The lowest BCUT2D eigenvalue weighted by Crippen LogP contribution is -2.19. The number of aromatic amines is 1. The fraction of sp³-hybridized carbons (Fsp3) is 0.143. The highest BCUT2D eigenvalue weighted by Crippen LogP contribution is 2.29. The van der Waals surface area contributed by atoms with Gasteiger partial charge in [0.05, 0.1) is 11.7 Å². The third-order valence-corrected chi connectivity index (χ3v) is 6.24. The van der Waals surface area contributed by atoms with Crippen LogP contribution in [0.3, 0.4) is 0 Å². The third-order valence-electron chi connectivity index (χ3n) is 6.24. The van der Waals surface area contributed by atoms with Gasteiger partial charge in [-0.1, -0.05) is 24.3 Å². The third kappa shape index (κ3) is 4.48. The lowest BCUT2D eigenvalue weighted by molar-refractivity contribution is 0.102. The SMILES string of the molecule is O=C(Nc1ccnc(N2CCCC2)c1)c1n[nH]c2ccc(-c3cncc(Oc4ccccc4)c3)cc12. The summed E-state index contributed by atoms with van der Waals surface area (Å²) < 4.78 is 5.93. The molecule has 8 heteroatoms. The highest BCUT2D eigenvalue weighted by atomic mass is 16.5. The number of ether oxygens (including phenoxy) is 1. The smallest absolute Gasteiger partial charge is 0.276 e. The molecule has 1 aliphatic heterocycles. The maximum atomic E-state index is 13.2. The van der Waals surface area contributed by atoms with Gasteiger partial charge in [-0.3, -0.25) is 14.9 Å². The van der Waals surface area contributed by atoms with Crippen molar-refractivity contribution in [2.45, 2.75) is 12.8 Å². The molecule has 3 aromatic heterocycles. The number of carbonyl (C=O) groups is 1. The first-order valence-corrected chi connectivity index (χ1v) is 11.9. The number of para-hydroxylation sites is 1. The second-order valence-electron chi connectivity index (χ2n) is 8.71. The average molecular weight is 477 g/mol. The minimum atomic E-state index is -0.281. The van der Waals surface area contributed by atoms with E-state index in [2.05, 4.69) is 30.4 Å². The predicted octanol–water partition coefficient (Wildman–Crippen LogP) is 5.66. The molecule has 1 amide bonds. The van der Waals surface area contributed by atoms with E-state index in [9.17, 15) is 4.79 Å². The highest BCUT2D eigenvalue weighted by Gasteiger charge is 2.18. The largest absolute Gasteiger partial charge is 0.456 e. The van der Waals surface area contributed by atoms with Gasteiger partial charge in [0.2, 0.25) is 0 Å². The van der Waals surface area contributed by atoms with E-state index in [1.165, 1.54) is 0 Å². The minimum Gasteiger partial charge on any atom is -0.456 e. The Hall–Kier alpha value is -4.72. The molecule has 1 fully saturated rings. The summed E-state index contributed by atoms with van der Waals surface area (Å²) in [7, 11) is 0. The lowest BCUT2D eigenvalue weighted by Gasteiger charge is -2.16. The maximum Gasteiger partial charge on any atom is 0.276 e. The molecule has 0 radical (unpaired) electrons. The number of nitrogens with one attached hydrogen (secondary N) is 2. The van der Waals surface area contributed by atoms with Crippen LogP contribution in [0.4, 0.5) is 11.5 Å². The number of rotatable bonds is 6. The van der Waals surface area contributed by atoms with E-state index >= 15 is 0 Å². The van der Waals surface area contributed by atoms with Crippen LogP contribution in [0, 0.1) is 0 Å². The molecule has 5 aromatic rings. The van der Waals surface area contributed by atoms with Crippen LogP contribution in [0.1, 0.15) is 23.3 Å². The Morgan fingerprint density at radius 3 is 2.64 bits per heavy atom. The van der Waals surface area contributed by atoms with Gasteiger partial charge in [-0.05, 0) is 54.8 Å². The van der Waals surface area contributed by atoms with Gasteiger partial charge in [0.1, 0.15) is 17.3 Å².